The second kappa shape index (κ2) is 32.6. The first-order valence-corrected chi connectivity index (χ1v) is 23.6. The molecule has 2 atom stereocenters. The third-order valence-corrected chi connectivity index (χ3v) is 12.2. The fraction of sp³-hybridized carbons (Fsp3) is 0.979. The molecule has 0 bridgehead atoms. The smallest absolute Gasteiger partial charge is 0.305 e. The molecule has 0 amide bonds. The Hall–Kier alpha value is -0.650. The molecule has 0 aromatic carbocycles. The number of carbonyl (C=O) groups excluding carboxylic acids is 1. The molecule has 0 aromatic heterocycles. The van der Waals surface area contributed by atoms with Gasteiger partial charge in [0.25, 0.3) is 0 Å². The average Bonchev–Trinajstić information content (AvgIpc) is 3.82. The Morgan fingerprint density at radius 3 is 1.85 bits per heavy atom. The van der Waals surface area contributed by atoms with Crippen LogP contribution in [0.25, 0.3) is 0 Å². The minimum Gasteiger partial charge on any atom is -0.466 e. The third-order valence-electron chi connectivity index (χ3n) is 12.2. The predicted molar refractivity (Wildman–Crippen MR) is 223 cm³/mol. The largest absolute Gasteiger partial charge is 0.466 e. The van der Waals surface area contributed by atoms with Gasteiger partial charge in [0.2, 0.25) is 0 Å². The van der Waals surface area contributed by atoms with Crippen molar-refractivity contribution in [1.82, 2.24) is 4.90 Å². The number of hydrogen-bond acceptors (Lipinski definition) is 5. The van der Waals surface area contributed by atoms with Crippen molar-refractivity contribution >= 4 is 5.97 Å². The van der Waals surface area contributed by atoms with Crippen molar-refractivity contribution in [2.75, 3.05) is 39.5 Å². The number of unbranched alkanes of at least 4 members (excludes halogenated alkanes) is 18. The van der Waals surface area contributed by atoms with E-state index in [0.717, 1.165) is 57.3 Å². The van der Waals surface area contributed by atoms with Crippen LogP contribution in [0.2, 0.25) is 0 Å². The molecule has 1 saturated heterocycles. The van der Waals surface area contributed by atoms with Crippen LogP contribution in [0.4, 0.5) is 0 Å². The summed E-state index contributed by atoms with van der Waals surface area (Å²) in [4.78, 5) is 15.0. The van der Waals surface area contributed by atoms with Crippen LogP contribution in [-0.2, 0) is 19.0 Å². The van der Waals surface area contributed by atoms with E-state index in [1.807, 2.05) is 0 Å². The first-order valence-electron chi connectivity index (χ1n) is 23.6. The molecule has 0 N–H and O–H groups in total. The summed E-state index contributed by atoms with van der Waals surface area (Å²) in [6.45, 7) is 15.1. The van der Waals surface area contributed by atoms with Gasteiger partial charge in [0, 0.05) is 32.2 Å². The Morgan fingerprint density at radius 1 is 0.635 bits per heavy atom. The van der Waals surface area contributed by atoms with E-state index in [1.165, 1.54) is 186 Å². The lowest BCUT2D eigenvalue weighted by molar-refractivity contribution is -0.144. The highest BCUT2D eigenvalue weighted by Crippen LogP contribution is 2.44. The van der Waals surface area contributed by atoms with Gasteiger partial charge in [-0.2, -0.15) is 0 Å². The van der Waals surface area contributed by atoms with Crippen molar-refractivity contribution in [2.45, 2.75) is 245 Å². The van der Waals surface area contributed by atoms with Crippen molar-refractivity contribution in [3.05, 3.63) is 0 Å². The van der Waals surface area contributed by atoms with E-state index in [-0.39, 0.29) is 11.6 Å². The van der Waals surface area contributed by atoms with Gasteiger partial charge in [-0.1, -0.05) is 163 Å². The molecule has 5 nitrogen and oxygen atoms in total. The molecule has 0 radical (unpaired) electrons. The summed E-state index contributed by atoms with van der Waals surface area (Å²) in [5, 5.41) is 0. The van der Waals surface area contributed by atoms with Crippen LogP contribution in [0.3, 0.4) is 0 Å². The fourth-order valence-electron chi connectivity index (χ4n) is 8.58. The molecule has 1 unspecified atom stereocenters. The van der Waals surface area contributed by atoms with Gasteiger partial charge < -0.3 is 14.2 Å². The summed E-state index contributed by atoms with van der Waals surface area (Å²) in [7, 11) is 0. The Labute approximate surface area is 325 Å². The Morgan fingerprint density at radius 2 is 1.19 bits per heavy atom. The first-order chi connectivity index (χ1) is 25.5. The molecule has 2 fully saturated rings. The highest BCUT2D eigenvalue weighted by atomic mass is 16.5. The molecule has 1 heterocycles. The van der Waals surface area contributed by atoms with Crippen LogP contribution in [-0.4, -0.2) is 62.0 Å². The maximum absolute atomic E-state index is 12.2. The zero-order chi connectivity index (χ0) is 37.4. The van der Waals surface area contributed by atoms with E-state index in [0.29, 0.717) is 19.1 Å². The Kier molecular flexibility index (Phi) is 29.8. The lowest BCUT2D eigenvalue weighted by atomic mass is 9.91. The zero-order valence-electron chi connectivity index (χ0n) is 35.7. The van der Waals surface area contributed by atoms with Crippen LogP contribution < -0.4 is 0 Å². The van der Waals surface area contributed by atoms with Gasteiger partial charge in [0.05, 0.1) is 18.8 Å². The number of nitrogens with zero attached hydrogens (tertiary/aromatic N) is 1. The van der Waals surface area contributed by atoms with Crippen molar-refractivity contribution in [2.24, 2.45) is 11.8 Å². The first kappa shape index (κ1) is 47.5. The number of rotatable bonds is 39. The molecule has 2 aliphatic rings. The molecule has 5 heteroatoms. The summed E-state index contributed by atoms with van der Waals surface area (Å²) in [6.07, 6.45) is 40.7. The van der Waals surface area contributed by atoms with Gasteiger partial charge >= 0.3 is 5.97 Å². The summed E-state index contributed by atoms with van der Waals surface area (Å²) >= 11 is 0. The van der Waals surface area contributed by atoms with E-state index >= 15 is 0 Å². The van der Waals surface area contributed by atoms with Crippen molar-refractivity contribution in [3.8, 4) is 0 Å². The molecular weight excluding hydrogens is 643 g/mol. The Bertz CT molecular complexity index is 790. The highest BCUT2D eigenvalue weighted by Gasteiger charge is 2.42. The summed E-state index contributed by atoms with van der Waals surface area (Å²) < 4.78 is 18.2. The summed E-state index contributed by atoms with van der Waals surface area (Å²) in [5.41, 5.74) is 0.259. The second-order valence-electron chi connectivity index (χ2n) is 17.5. The normalized spacial score (nSPS) is 18.5. The highest BCUT2D eigenvalue weighted by molar-refractivity contribution is 5.69. The maximum atomic E-state index is 12.2. The van der Waals surface area contributed by atoms with Crippen LogP contribution >= 0.6 is 0 Å². The van der Waals surface area contributed by atoms with Gasteiger partial charge in [-0.25, -0.2) is 0 Å². The van der Waals surface area contributed by atoms with Crippen LogP contribution in [0.1, 0.15) is 233 Å². The second-order valence-corrected chi connectivity index (χ2v) is 17.5. The topological polar surface area (TPSA) is 48.0 Å². The molecule has 2 rings (SSSR count). The third kappa shape index (κ3) is 25.4. The zero-order valence-corrected chi connectivity index (χ0v) is 35.7. The molecule has 0 spiro atoms. The average molecular weight is 734 g/mol. The van der Waals surface area contributed by atoms with E-state index in [4.69, 9.17) is 14.2 Å². The van der Waals surface area contributed by atoms with Crippen molar-refractivity contribution in [3.63, 3.8) is 0 Å². The van der Waals surface area contributed by atoms with E-state index in [2.05, 4.69) is 32.6 Å². The number of likely N-dealkylation sites (tertiary alicyclic amines) is 1. The SMILES string of the molecule is CCCCCCCCCCCOC1(CCCCCN2CC(C)C[C@H]2COCCCCCCCC(=O)OCCCC(CCCCC)CCCCC)CC1. The number of ether oxygens (including phenoxy) is 3. The quantitative estimate of drug-likeness (QED) is 0.0465. The molecule has 308 valence electrons. The Balaban J connectivity index is 1.40. The fourth-order valence-corrected chi connectivity index (χ4v) is 8.58. The van der Waals surface area contributed by atoms with E-state index < -0.39 is 0 Å². The lowest BCUT2D eigenvalue weighted by Gasteiger charge is -2.24. The van der Waals surface area contributed by atoms with Crippen LogP contribution in [0.5, 0.6) is 0 Å². The standard InChI is InChI=1S/C47H91NO4/c1-5-8-11-12-13-14-15-19-27-39-52-47(34-35-47)33-24-20-25-36-48-41-43(4)40-45(48)42-50-37-26-18-16-17-23-32-46(49)51-38-28-31-44(29-21-9-6-2)30-22-10-7-3/h43-45H,5-42H2,1-4H3/t43?,45-/m0/s1. The lowest BCUT2D eigenvalue weighted by Crippen LogP contribution is -2.34. The molecule has 1 aliphatic heterocycles. The van der Waals surface area contributed by atoms with Crippen molar-refractivity contribution < 1.29 is 19.0 Å². The van der Waals surface area contributed by atoms with Gasteiger partial charge in [-0.3, -0.25) is 9.69 Å². The molecule has 1 aliphatic carbocycles. The summed E-state index contributed by atoms with van der Waals surface area (Å²) in [6, 6.07) is 0.600. The summed E-state index contributed by atoms with van der Waals surface area (Å²) in [5.74, 6) is 1.61. The molecule has 1 saturated carbocycles. The van der Waals surface area contributed by atoms with Gasteiger partial charge in [0.1, 0.15) is 0 Å². The van der Waals surface area contributed by atoms with Crippen LogP contribution in [0.15, 0.2) is 0 Å². The number of hydrogen-bond donors (Lipinski definition) is 0. The van der Waals surface area contributed by atoms with E-state index in [1.54, 1.807) is 0 Å². The monoisotopic (exact) mass is 734 g/mol. The van der Waals surface area contributed by atoms with Gasteiger partial charge in [-0.15, -0.1) is 0 Å². The van der Waals surface area contributed by atoms with Gasteiger partial charge in [-0.05, 0) is 82.6 Å². The minimum atomic E-state index is 0.00706. The van der Waals surface area contributed by atoms with Crippen LogP contribution in [0, 0.1) is 11.8 Å². The van der Waals surface area contributed by atoms with Crippen molar-refractivity contribution in [1.29, 1.82) is 0 Å². The predicted octanol–water partition coefficient (Wildman–Crippen LogP) is 13.8. The molecule has 52 heavy (non-hydrogen) atoms. The minimum absolute atomic E-state index is 0.00706. The molecule has 0 aromatic rings. The molecular formula is C47H91NO4. The van der Waals surface area contributed by atoms with E-state index in [9.17, 15) is 4.79 Å². The number of carbonyl (C=O) groups is 1. The maximum Gasteiger partial charge on any atom is 0.305 e. The number of esters is 1. The van der Waals surface area contributed by atoms with Gasteiger partial charge in [0.15, 0.2) is 0 Å².